The first-order valence-corrected chi connectivity index (χ1v) is 10.1. The van der Waals surface area contributed by atoms with Gasteiger partial charge in [-0.05, 0) is 0 Å². The third-order valence-electron chi connectivity index (χ3n) is 2.11. The minimum absolute atomic E-state index is 1.01. The molecule has 1 aromatic heterocycles. The zero-order valence-electron chi connectivity index (χ0n) is 6.06. The van der Waals surface area contributed by atoms with Crippen LogP contribution in [0.5, 0.6) is 0 Å². The van der Waals surface area contributed by atoms with Gasteiger partial charge in [0.15, 0.2) is 0 Å². The molecule has 1 aromatic rings. The molecule has 0 aliphatic heterocycles. The van der Waals surface area contributed by atoms with E-state index in [2.05, 4.69) is 0 Å². The molecule has 0 atom stereocenters. The molecular weight excluding hydrogens is 254 g/mol. The fourth-order valence-corrected chi connectivity index (χ4v) is 8.79. The standard InChI is InChI=1S/C8H12Se2/c1-2-4-6-8-7(5-3-1)9-10-8/h1-6H2. The van der Waals surface area contributed by atoms with Crippen LogP contribution in [0.4, 0.5) is 0 Å². The van der Waals surface area contributed by atoms with Crippen LogP contribution in [0.3, 0.4) is 0 Å². The summed E-state index contributed by atoms with van der Waals surface area (Å²) in [6.07, 6.45) is 8.96. The second-order valence-corrected chi connectivity index (χ2v) is 9.33. The number of hydrogen-bond donors (Lipinski definition) is 0. The van der Waals surface area contributed by atoms with Gasteiger partial charge in [0.1, 0.15) is 0 Å². The molecule has 0 unspecified atom stereocenters. The molecule has 56 valence electrons. The van der Waals surface area contributed by atoms with Crippen molar-refractivity contribution in [3.05, 3.63) is 8.87 Å². The molecule has 0 nitrogen and oxygen atoms in total. The fourth-order valence-electron chi connectivity index (χ4n) is 1.45. The van der Waals surface area contributed by atoms with E-state index in [0.717, 1.165) is 25.3 Å². The number of fused-ring (bicyclic) bond motifs is 1. The van der Waals surface area contributed by atoms with Crippen molar-refractivity contribution in [3.63, 3.8) is 0 Å². The molecule has 0 N–H and O–H groups in total. The molecule has 0 fully saturated rings. The van der Waals surface area contributed by atoms with E-state index in [1.807, 2.05) is 8.87 Å². The number of rotatable bonds is 0. The SMILES string of the molecule is C1CCCc2[se][se]c2CC1. The Morgan fingerprint density at radius 3 is 1.60 bits per heavy atom. The maximum atomic E-state index is 1.92. The van der Waals surface area contributed by atoms with Gasteiger partial charge in [-0.25, -0.2) is 0 Å². The van der Waals surface area contributed by atoms with Gasteiger partial charge in [0, 0.05) is 0 Å². The molecule has 0 amide bonds. The number of aryl methyl sites for hydroxylation is 2. The van der Waals surface area contributed by atoms with Crippen molar-refractivity contribution in [2.24, 2.45) is 0 Å². The first-order chi connectivity index (χ1) is 4.97. The van der Waals surface area contributed by atoms with Crippen LogP contribution in [0.2, 0.25) is 0 Å². The molecule has 0 bridgehead atoms. The molecule has 0 spiro atoms. The topological polar surface area (TPSA) is 0 Å². The van der Waals surface area contributed by atoms with Crippen molar-refractivity contribution in [2.45, 2.75) is 38.5 Å². The quantitative estimate of drug-likeness (QED) is 0.624. The molecule has 1 aliphatic rings. The molecule has 0 aromatic carbocycles. The van der Waals surface area contributed by atoms with Crippen molar-refractivity contribution in [2.75, 3.05) is 0 Å². The summed E-state index contributed by atoms with van der Waals surface area (Å²) < 4.78 is 3.85. The third-order valence-corrected chi connectivity index (χ3v) is 11.0. The second-order valence-electron chi connectivity index (χ2n) is 2.93. The molecule has 0 saturated carbocycles. The van der Waals surface area contributed by atoms with Crippen LogP contribution in [-0.4, -0.2) is 25.3 Å². The van der Waals surface area contributed by atoms with Crippen LogP contribution >= 0.6 is 0 Å². The minimum atomic E-state index is 1.01. The normalized spacial score (nSPS) is 19.6. The second kappa shape index (κ2) is 3.45. The van der Waals surface area contributed by atoms with E-state index < -0.39 is 0 Å². The Morgan fingerprint density at radius 2 is 1.20 bits per heavy atom. The van der Waals surface area contributed by atoms with Crippen LogP contribution in [0, 0.1) is 0 Å². The van der Waals surface area contributed by atoms with Gasteiger partial charge < -0.3 is 0 Å². The Balaban J connectivity index is 2.05. The summed E-state index contributed by atoms with van der Waals surface area (Å²) in [7, 11) is 0. The van der Waals surface area contributed by atoms with Crippen molar-refractivity contribution < 1.29 is 0 Å². The first-order valence-electron chi connectivity index (χ1n) is 4.03. The Bertz CT molecular complexity index is 176. The predicted octanol–water partition coefficient (Wildman–Crippen LogP) is 1.46. The molecular formula is C8H12Se2. The average Bonchev–Trinajstić information content (AvgIpc) is 1.89. The average molecular weight is 266 g/mol. The Morgan fingerprint density at radius 1 is 0.700 bits per heavy atom. The van der Waals surface area contributed by atoms with Gasteiger partial charge >= 0.3 is 72.7 Å². The van der Waals surface area contributed by atoms with Crippen LogP contribution in [-0.2, 0) is 12.8 Å². The Labute approximate surface area is 72.6 Å². The van der Waals surface area contributed by atoms with Gasteiger partial charge in [-0.15, -0.1) is 0 Å². The summed E-state index contributed by atoms with van der Waals surface area (Å²) in [6.45, 7) is 0. The Kier molecular flexibility index (Phi) is 2.56. The van der Waals surface area contributed by atoms with Crippen LogP contribution in [0.15, 0.2) is 0 Å². The summed E-state index contributed by atoms with van der Waals surface area (Å²) >= 11 is 2.03. The van der Waals surface area contributed by atoms with Gasteiger partial charge in [-0.2, -0.15) is 0 Å². The molecule has 10 heavy (non-hydrogen) atoms. The van der Waals surface area contributed by atoms with E-state index in [0.29, 0.717) is 0 Å². The van der Waals surface area contributed by atoms with E-state index in [-0.39, 0.29) is 0 Å². The Hall–Kier alpha value is 0.779. The van der Waals surface area contributed by atoms with Crippen molar-refractivity contribution in [3.8, 4) is 0 Å². The summed E-state index contributed by atoms with van der Waals surface area (Å²) in [5.41, 5.74) is 0. The fraction of sp³-hybridized carbons (Fsp3) is 0.750. The summed E-state index contributed by atoms with van der Waals surface area (Å²) in [6, 6.07) is 0. The molecule has 0 saturated heterocycles. The monoisotopic (exact) mass is 268 g/mol. The van der Waals surface area contributed by atoms with Gasteiger partial charge in [-0.1, -0.05) is 0 Å². The van der Waals surface area contributed by atoms with Gasteiger partial charge in [0.2, 0.25) is 0 Å². The molecule has 1 heterocycles. The van der Waals surface area contributed by atoms with Crippen molar-refractivity contribution in [1.82, 2.24) is 0 Å². The molecule has 1 aliphatic carbocycles. The summed E-state index contributed by atoms with van der Waals surface area (Å²) in [5, 5.41) is 0. The molecule has 2 rings (SSSR count). The van der Waals surface area contributed by atoms with Crippen LogP contribution < -0.4 is 0 Å². The zero-order valence-corrected chi connectivity index (χ0v) is 9.49. The zero-order chi connectivity index (χ0) is 6.81. The van der Waals surface area contributed by atoms with E-state index in [4.69, 9.17) is 0 Å². The summed E-state index contributed by atoms with van der Waals surface area (Å²) in [4.78, 5) is 0. The van der Waals surface area contributed by atoms with Crippen molar-refractivity contribution >= 4 is 25.3 Å². The van der Waals surface area contributed by atoms with Crippen LogP contribution in [0.25, 0.3) is 0 Å². The van der Waals surface area contributed by atoms with Gasteiger partial charge in [0.25, 0.3) is 0 Å². The van der Waals surface area contributed by atoms with E-state index in [1.165, 1.54) is 38.5 Å². The molecule has 0 radical (unpaired) electrons. The molecule has 2 heteroatoms. The maximum absolute atomic E-state index is 1.92. The van der Waals surface area contributed by atoms with E-state index >= 15 is 0 Å². The van der Waals surface area contributed by atoms with Crippen LogP contribution in [0.1, 0.15) is 34.6 Å². The number of hydrogen-bond acceptors (Lipinski definition) is 0. The van der Waals surface area contributed by atoms with Crippen molar-refractivity contribution in [1.29, 1.82) is 0 Å². The predicted molar refractivity (Wildman–Crippen MR) is 46.2 cm³/mol. The third kappa shape index (κ3) is 1.51. The first kappa shape index (κ1) is 7.43. The van der Waals surface area contributed by atoms with E-state index in [1.54, 1.807) is 0 Å². The van der Waals surface area contributed by atoms with Gasteiger partial charge in [0.05, 0.1) is 0 Å². The van der Waals surface area contributed by atoms with Gasteiger partial charge in [-0.3, -0.25) is 0 Å². The summed E-state index contributed by atoms with van der Waals surface area (Å²) in [5.74, 6) is 0. The van der Waals surface area contributed by atoms with E-state index in [9.17, 15) is 0 Å².